The first kappa shape index (κ1) is 11.8. The molecular formula is C14H16BrN3. The maximum absolute atomic E-state index is 4.45. The van der Waals surface area contributed by atoms with Crippen LogP contribution in [0.2, 0.25) is 0 Å². The minimum atomic E-state index is 0.912. The monoisotopic (exact) mass is 305 g/mol. The molecule has 0 N–H and O–H groups in total. The van der Waals surface area contributed by atoms with Gasteiger partial charge in [-0.05, 0) is 40.9 Å². The molecule has 1 aliphatic rings. The third-order valence-electron chi connectivity index (χ3n) is 3.59. The summed E-state index contributed by atoms with van der Waals surface area (Å²) in [5, 5.41) is 4.45. The van der Waals surface area contributed by atoms with E-state index < -0.39 is 0 Å². The van der Waals surface area contributed by atoms with E-state index in [0.29, 0.717) is 0 Å². The molecule has 4 heteroatoms. The van der Waals surface area contributed by atoms with Crippen molar-refractivity contribution in [1.29, 1.82) is 0 Å². The van der Waals surface area contributed by atoms with Crippen LogP contribution in [0.1, 0.15) is 17.0 Å². The first-order chi connectivity index (χ1) is 8.66. The number of aryl methyl sites for hydroxylation is 2. The summed E-state index contributed by atoms with van der Waals surface area (Å²) in [6.07, 6.45) is 1.14. The van der Waals surface area contributed by atoms with Crippen LogP contribution in [0.15, 0.2) is 28.7 Å². The van der Waals surface area contributed by atoms with Crippen molar-refractivity contribution in [1.82, 2.24) is 9.78 Å². The van der Waals surface area contributed by atoms with Gasteiger partial charge in [-0.25, -0.2) is 0 Å². The van der Waals surface area contributed by atoms with Crippen LogP contribution < -0.4 is 4.90 Å². The summed E-state index contributed by atoms with van der Waals surface area (Å²) in [4.78, 5) is 2.43. The number of rotatable bonds is 2. The van der Waals surface area contributed by atoms with E-state index >= 15 is 0 Å². The highest BCUT2D eigenvalue weighted by molar-refractivity contribution is 9.10. The molecule has 1 aromatic heterocycles. The highest BCUT2D eigenvalue weighted by Gasteiger charge is 2.21. The molecule has 0 unspecified atom stereocenters. The zero-order valence-corrected chi connectivity index (χ0v) is 12.2. The Morgan fingerprint density at radius 1 is 1.33 bits per heavy atom. The van der Waals surface area contributed by atoms with Gasteiger partial charge in [0.2, 0.25) is 0 Å². The summed E-state index contributed by atoms with van der Waals surface area (Å²) in [6.45, 7) is 4.04. The van der Waals surface area contributed by atoms with Crippen LogP contribution in [0, 0.1) is 6.92 Å². The van der Waals surface area contributed by atoms with Crippen LogP contribution in [-0.2, 0) is 20.0 Å². The molecule has 0 aliphatic carbocycles. The lowest BCUT2D eigenvalue weighted by molar-refractivity contribution is 0.682. The molecule has 0 bridgehead atoms. The minimum absolute atomic E-state index is 0.912. The van der Waals surface area contributed by atoms with Crippen molar-refractivity contribution < 1.29 is 0 Å². The Morgan fingerprint density at radius 2 is 2.11 bits per heavy atom. The second-order valence-corrected chi connectivity index (χ2v) is 5.56. The molecule has 1 aliphatic heterocycles. The molecule has 18 heavy (non-hydrogen) atoms. The number of benzene rings is 1. The maximum Gasteiger partial charge on any atom is 0.0739 e. The predicted molar refractivity (Wildman–Crippen MR) is 76.8 cm³/mol. The number of para-hydroxylation sites is 1. The first-order valence-corrected chi connectivity index (χ1v) is 6.97. The number of hydrogen-bond donors (Lipinski definition) is 0. The second kappa shape index (κ2) is 4.43. The first-order valence-electron chi connectivity index (χ1n) is 6.17. The SMILES string of the molecule is Cc1nn(C)c(CN2CCc3ccccc32)c1Br. The Hall–Kier alpha value is -1.29. The zero-order chi connectivity index (χ0) is 12.7. The minimum Gasteiger partial charge on any atom is -0.365 e. The Morgan fingerprint density at radius 3 is 2.83 bits per heavy atom. The zero-order valence-electron chi connectivity index (χ0n) is 10.7. The van der Waals surface area contributed by atoms with Gasteiger partial charge in [-0.15, -0.1) is 0 Å². The van der Waals surface area contributed by atoms with Gasteiger partial charge in [0.05, 0.1) is 22.4 Å². The summed E-state index contributed by atoms with van der Waals surface area (Å²) in [6, 6.07) is 8.66. The van der Waals surface area contributed by atoms with Gasteiger partial charge in [0, 0.05) is 19.3 Å². The van der Waals surface area contributed by atoms with Gasteiger partial charge in [-0.2, -0.15) is 5.10 Å². The smallest absolute Gasteiger partial charge is 0.0739 e. The van der Waals surface area contributed by atoms with Gasteiger partial charge in [0.15, 0.2) is 0 Å². The molecule has 0 saturated heterocycles. The van der Waals surface area contributed by atoms with Crippen LogP contribution in [0.4, 0.5) is 5.69 Å². The van der Waals surface area contributed by atoms with E-state index in [0.717, 1.165) is 29.7 Å². The van der Waals surface area contributed by atoms with E-state index in [1.807, 2.05) is 18.7 Å². The van der Waals surface area contributed by atoms with Crippen LogP contribution in [0.3, 0.4) is 0 Å². The average molecular weight is 306 g/mol. The Labute approximate surface area is 116 Å². The van der Waals surface area contributed by atoms with Crippen molar-refractivity contribution in [3.05, 3.63) is 45.7 Å². The van der Waals surface area contributed by atoms with Gasteiger partial charge >= 0.3 is 0 Å². The lowest BCUT2D eigenvalue weighted by Crippen LogP contribution is -2.21. The molecule has 0 radical (unpaired) electrons. The highest BCUT2D eigenvalue weighted by Crippen LogP contribution is 2.30. The summed E-state index contributed by atoms with van der Waals surface area (Å²) < 4.78 is 3.11. The summed E-state index contributed by atoms with van der Waals surface area (Å²) >= 11 is 3.64. The molecule has 0 amide bonds. The number of anilines is 1. The Bertz CT molecular complexity index is 589. The Balaban J connectivity index is 1.91. The normalized spacial score (nSPS) is 14.1. The number of aromatic nitrogens is 2. The van der Waals surface area contributed by atoms with Crippen molar-refractivity contribution in [3.63, 3.8) is 0 Å². The molecule has 3 nitrogen and oxygen atoms in total. The molecule has 2 aromatic rings. The fourth-order valence-corrected chi connectivity index (χ4v) is 3.06. The topological polar surface area (TPSA) is 21.1 Å². The van der Waals surface area contributed by atoms with Crippen molar-refractivity contribution in [2.45, 2.75) is 19.9 Å². The van der Waals surface area contributed by atoms with E-state index in [4.69, 9.17) is 0 Å². The lowest BCUT2D eigenvalue weighted by atomic mass is 10.2. The van der Waals surface area contributed by atoms with Crippen molar-refractivity contribution in [2.75, 3.05) is 11.4 Å². The molecule has 1 aromatic carbocycles. The fourth-order valence-electron chi connectivity index (χ4n) is 2.60. The Kier molecular flexibility index (Phi) is 2.90. The van der Waals surface area contributed by atoms with E-state index in [1.165, 1.54) is 16.9 Å². The van der Waals surface area contributed by atoms with Gasteiger partial charge in [-0.1, -0.05) is 18.2 Å². The third kappa shape index (κ3) is 1.85. The third-order valence-corrected chi connectivity index (χ3v) is 4.62. The van der Waals surface area contributed by atoms with Crippen molar-refractivity contribution in [2.24, 2.45) is 7.05 Å². The quantitative estimate of drug-likeness (QED) is 0.850. The largest absolute Gasteiger partial charge is 0.365 e. The van der Waals surface area contributed by atoms with Crippen molar-refractivity contribution >= 4 is 21.6 Å². The highest BCUT2D eigenvalue weighted by atomic mass is 79.9. The van der Waals surface area contributed by atoms with E-state index in [2.05, 4.69) is 50.2 Å². The molecule has 3 rings (SSSR count). The van der Waals surface area contributed by atoms with Gasteiger partial charge in [0.25, 0.3) is 0 Å². The molecule has 0 spiro atoms. The van der Waals surface area contributed by atoms with Crippen LogP contribution >= 0.6 is 15.9 Å². The molecule has 94 valence electrons. The van der Waals surface area contributed by atoms with Crippen molar-refractivity contribution in [3.8, 4) is 0 Å². The number of fused-ring (bicyclic) bond motifs is 1. The lowest BCUT2D eigenvalue weighted by Gasteiger charge is -2.19. The molecule has 0 saturated carbocycles. The molecule has 2 heterocycles. The van der Waals surface area contributed by atoms with Gasteiger partial charge < -0.3 is 4.90 Å². The van der Waals surface area contributed by atoms with Gasteiger partial charge in [-0.3, -0.25) is 4.68 Å². The fraction of sp³-hybridized carbons (Fsp3) is 0.357. The standard InChI is InChI=1S/C14H16BrN3/c1-10-14(15)13(17(2)16-10)9-18-8-7-11-5-3-4-6-12(11)18/h3-6H,7-9H2,1-2H3. The average Bonchev–Trinajstić information content (AvgIpc) is 2.87. The predicted octanol–water partition coefficient (Wildman–Crippen LogP) is 3.05. The van der Waals surface area contributed by atoms with Crippen LogP contribution in [-0.4, -0.2) is 16.3 Å². The molecule has 0 atom stereocenters. The number of halogens is 1. The molecular weight excluding hydrogens is 290 g/mol. The number of nitrogens with zero attached hydrogens (tertiary/aromatic N) is 3. The maximum atomic E-state index is 4.45. The molecule has 0 fully saturated rings. The van der Waals surface area contributed by atoms with Crippen LogP contribution in [0.25, 0.3) is 0 Å². The van der Waals surface area contributed by atoms with Crippen LogP contribution in [0.5, 0.6) is 0 Å². The van der Waals surface area contributed by atoms with E-state index in [1.54, 1.807) is 0 Å². The van der Waals surface area contributed by atoms with E-state index in [9.17, 15) is 0 Å². The summed E-state index contributed by atoms with van der Waals surface area (Å²) in [7, 11) is 2.01. The van der Waals surface area contributed by atoms with Gasteiger partial charge in [0.1, 0.15) is 0 Å². The second-order valence-electron chi connectivity index (χ2n) is 4.77. The van der Waals surface area contributed by atoms with E-state index in [-0.39, 0.29) is 0 Å². The number of hydrogen-bond acceptors (Lipinski definition) is 2. The summed E-state index contributed by atoms with van der Waals surface area (Å²) in [5.74, 6) is 0. The summed E-state index contributed by atoms with van der Waals surface area (Å²) in [5.41, 5.74) is 5.11.